The van der Waals surface area contributed by atoms with Crippen molar-refractivity contribution in [3.05, 3.63) is 16.1 Å². The smallest absolute Gasteiger partial charge is 0.262 e. The van der Waals surface area contributed by atoms with Crippen molar-refractivity contribution < 1.29 is 9.53 Å². The average molecular weight is 233 g/mol. The molecule has 0 fully saturated rings. The number of nitrogens with one attached hydrogen (secondary N) is 1. The number of hydrogen-bond acceptors (Lipinski definition) is 3. The summed E-state index contributed by atoms with van der Waals surface area (Å²) in [6, 6.07) is 1.51. The van der Waals surface area contributed by atoms with Gasteiger partial charge in [-0.05, 0) is 6.07 Å². The van der Waals surface area contributed by atoms with E-state index in [1.807, 2.05) is 0 Å². The Kier molecular flexibility index (Phi) is 2.17. The molecule has 4 nitrogen and oxygen atoms in total. The topological polar surface area (TPSA) is 64.3 Å². The van der Waals surface area contributed by atoms with Crippen LogP contribution in [0.5, 0.6) is 5.75 Å². The minimum Gasteiger partial charge on any atom is -0.480 e. The highest BCUT2D eigenvalue weighted by Crippen LogP contribution is 2.43. The molecule has 0 aromatic heterocycles. The number of fused-ring (bicyclic) bond motifs is 1. The minimum atomic E-state index is -0.240. The molecule has 0 radical (unpaired) electrons. The van der Waals surface area contributed by atoms with Gasteiger partial charge in [0.15, 0.2) is 12.4 Å². The zero-order valence-electron chi connectivity index (χ0n) is 6.93. The van der Waals surface area contributed by atoms with Gasteiger partial charge in [0.25, 0.3) is 5.91 Å². The minimum absolute atomic E-state index is 0.0625. The van der Waals surface area contributed by atoms with Crippen LogP contribution in [0.4, 0.5) is 11.4 Å². The van der Waals surface area contributed by atoms with Crippen molar-refractivity contribution in [1.82, 2.24) is 0 Å². The van der Waals surface area contributed by atoms with Crippen molar-refractivity contribution in [3.8, 4) is 5.75 Å². The number of benzene rings is 1. The largest absolute Gasteiger partial charge is 0.480 e. The van der Waals surface area contributed by atoms with E-state index in [1.165, 1.54) is 6.07 Å². The summed E-state index contributed by atoms with van der Waals surface area (Å²) < 4.78 is 5.12. The maximum absolute atomic E-state index is 11.0. The van der Waals surface area contributed by atoms with Crippen LogP contribution in [0.15, 0.2) is 6.07 Å². The molecule has 14 heavy (non-hydrogen) atoms. The fourth-order valence-electron chi connectivity index (χ4n) is 1.19. The summed E-state index contributed by atoms with van der Waals surface area (Å²) in [5.74, 6) is 0.126. The fourth-order valence-corrected chi connectivity index (χ4v) is 1.59. The van der Waals surface area contributed by atoms with E-state index in [1.54, 1.807) is 0 Å². The maximum atomic E-state index is 11.0. The second-order valence-electron chi connectivity index (χ2n) is 2.81. The molecule has 0 bridgehead atoms. The highest BCUT2D eigenvalue weighted by atomic mass is 35.5. The van der Waals surface area contributed by atoms with E-state index in [4.69, 9.17) is 33.7 Å². The van der Waals surface area contributed by atoms with Crippen molar-refractivity contribution in [2.45, 2.75) is 0 Å². The number of carbonyl (C=O) groups is 1. The van der Waals surface area contributed by atoms with Gasteiger partial charge in [0.1, 0.15) is 5.02 Å². The van der Waals surface area contributed by atoms with Crippen LogP contribution < -0.4 is 15.8 Å². The number of amides is 1. The SMILES string of the molecule is Nc1cc2c(c(Cl)c1Cl)OCC(=O)N2. The van der Waals surface area contributed by atoms with Crippen LogP contribution in [0, 0.1) is 0 Å². The van der Waals surface area contributed by atoms with Gasteiger partial charge < -0.3 is 15.8 Å². The Hall–Kier alpha value is -1.13. The molecule has 0 unspecified atom stereocenters. The molecule has 1 amide bonds. The first-order chi connectivity index (χ1) is 6.59. The first kappa shape index (κ1) is 9.43. The summed E-state index contributed by atoms with van der Waals surface area (Å²) in [4.78, 5) is 11.0. The van der Waals surface area contributed by atoms with Gasteiger partial charge in [-0.25, -0.2) is 0 Å². The zero-order valence-corrected chi connectivity index (χ0v) is 8.45. The van der Waals surface area contributed by atoms with E-state index in [0.29, 0.717) is 17.1 Å². The molecule has 0 spiro atoms. The molecule has 1 aromatic rings. The Morgan fingerprint density at radius 3 is 2.86 bits per heavy atom. The van der Waals surface area contributed by atoms with Crippen LogP contribution >= 0.6 is 23.2 Å². The number of anilines is 2. The quantitative estimate of drug-likeness (QED) is 0.672. The van der Waals surface area contributed by atoms with Crippen molar-refractivity contribution in [2.24, 2.45) is 0 Å². The van der Waals surface area contributed by atoms with Crippen molar-refractivity contribution >= 4 is 40.5 Å². The lowest BCUT2D eigenvalue weighted by molar-refractivity contribution is -0.118. The maximum Gasteiger partial charge on any atom is 0.262 e. The van der Waals surface area contributed by atoms with E-state index in [0.717, 1.165) is 0 Å². The van der Waals surface area contributed by atoms with Gasteiger partial charge in [-0.1, -0.05) is 23.2 Å². The monoisotopic (exact) mass is 232 g/mol. The highest BCUT2D eigenvalue weighted by molar-refractivity contribution is 6.45. The van der Waals surface area contributed by atoms with Gasteiger partial charge in [-0.15, -0.1) is 0 Å². The van der Waals surface area contributed by atoms with Crippen LogP contribution in [0.2, 0.25) is 10.0 Å². The third-order valence-electron chi connectivity index (χ3n) is 1.81. The lowest BCUT2D eigenvalue weighted by Crippen LogP contribution is -2.25. The Morgan fingerprint density at radius 2 is 2.14 bits per heavy atom. The van der Waals surface area contributed by atoms with E-state index in [2.05, 4.69) is 5.32 Å². The molecule has 0 saturated carbocycles. The standard InChI is InChI=1S/C8H6Cl2N2O2/c9-6-3(11)1-4-8(7(6)10)14-2-5(13)12-4/h1H,2,11H2,(H,12,13). The number of nitrogen functional groups attached to an aromatic ring is 1. The highest BCUT2D eigenvalue weighted by Gasteiger charge is 2.21. The van der Waals surface area contributed by atoms with Gasteiger partial charge in [0.2, 0.25) is 0 Å². The molecule has 1 aliphatic heterocycles. The van der Waals surface area contributed by atoms with E-state index < -0.39 is 0 Å². The lowest BCUT2D eigenvalue weighted by atomic mass is 10.2. The Morgan fingerprint density at radius 1 is 1.43 bits per heavy atom. The zero-order chi connectivity index (χ0) is 10.3. The Labute approximate surface area is 89.9 Å². The van der Waals surface area contributed by atoms with E-state index in [9.17, 15) is 4.79 Å². The summed E-state index contributed by atoms with van der Waals surface area (Å²) in [7, 11) is 0. The van der Waals surface area contributed by atoms with E-state index in [-0.39, 0.29) is 22.6 Å². The Bertz CT molecular complexity index is 420. The normalized spacial score (nSPS) is 14.3. The second-order valence-corrected chi connectivity index (χ2v) is 3.56. The first-order valence-electron chi connectivity index (χ1n) is 3.79. The predicted octanol–water partition coefficient (Wildman–Crippen LogP) is 1.91. The van der Waals surface area contributed by atoms with Crippen molar-refractivity contribution in [2.75, 3.05) is 17.7 Å². The van der Waals surface area contributed by atoms with Crippen LogP contribution in [-0.4, -0.2) is 12.5 Å². The molecular formula is C8H6Cl2N2O2. The molecule has 1 heterocycles. The molecule has 3 N–H and O–H groups in total. The molecule has 0 aliphatic carbocycles. The lowest BCUT2D eigenvalue weighted by Gasteiger charge is -2.20. The molecule has 6 heteroatoms. The van der Waals surface area contributed by atoms with Crippen LogP contribution in [0.25, 0.3) is 0 Å². The number of hydrogen-bond donors (Lipinski definition) is 2. The van der Waals surface area contributed by atoms with Gasteiger partial charge in [0.05, 0.1) is 16.4 Å². The van der Waals surface area contributed by atoms with Crippen LogP contribution in [0.1, 0.15) is 0 Å². The molecule has 0 saturated heterocycles. The number of halogens is 2. The average Bonchev–Trinajstić information content (AvgIpc) is 2.14. The first-order valence-corrected chi connectivity index (χ1v) is 4.55. The summed E-state index contributed by atoms with van der Waals surface area (Å²) in [6.07, 6.45) is 0. The summed E-state index contributed by atoms with van der Waals surface area (Å²) >= 11 is 11.7. The van der Waals surface area contributed by atoms with Gasteiger partial charge in [-0.3, -0.25) is 4.79 Å². The summed E-state index contributed by atoms with van der Waals surface area (Å²) in [5.41, 5.74) is 6.33. The van der Waals surface area contributed by atoms with Crippen LogP contribution in [-0.2, 0) is 4.79 Å². The number of nitrogens with two attached hydrogens (primary N) is 1. The third kappa shape index (κ3) is 1.36. The summed E-state index contributed by atoms with van der Waals surface area (Å²) in [5, 5.41) is 3.04. The molecule has 1 aliphatic rings. The fraction of sp³-hybridized carbons (Fsp3) is 0.125. The van der Waals surface area contributed by atoms with Gasteiger partial charge >= 0.3 is 0 Å². The number of carbonyl (C=O) groups excluding carboxylic acids is 1. The Balaban J connectivity index is 2.59. The summed E-state index contributed by atoms with van der Waals surface area (Å²) in [6.45, 7) is -0.0625. The molecule has 0 atom stereocenters. The molecule has 2 rings (SSSR count). The number of rotatable bonds is 0. The molecule has 1 aromatic carbocycles. The van der Waals surface area contributed by atoms with Crippen molar-refractivity contribution in [3.63, 3.8) is 0 Å². The van der Waals surface area contributed by atoms with Gasteiger partial charge in [0, 0.05) is 0 Å². The third-order valence-corrected chi connectivity index (χ3v) is 2.68. The van der Waals surface area contributed by atoms with Crippen LogP contribution in [0.3, 0.4) is 0 Å². The second kappa shape index (κ2) is 3.22. The number of ether oxygens (including phenoxy) is 1. The molecule has 74 valence electrons. The predicted molar refractivity (Wildman–Crippen MR) is 55.0 cm³/mol. The van der Waals surface area contributed by atoms with Gasteiger partial charge in [-0.2, -0.15) is 0 Å². The molecular weight excluding hydrogens is 227 g/mol. The van der Waals surface area contributed by atoms with Crippen molar-refractivity contribution in [1.29, 1.82) is 0 Å². The van der Waals surface area contributed by atoms with E-state index >= 15 is 0 Å².